The molecule has 1 aliphatic carbocycles. The van der Waals surface area contributed by atoms with Crippen molar-refractivity contribution >= 4 is 29.7 Å². The molecule has 0 aromatic carbocycles. The van der Waals surface area contributed by atoms with Crippen LogP contribution in [0.3, 0.4) is 0 Å². The predicted octanol–water partition coefficient (Wildman–Crippen LogP) is 2.96. The highest BCUT2D eigenvalue weighted by atomic mass is 35.5. The highest BCUT2D eigenvalue weighted by molar-refractivity contribution is 7.10. The Morgan fingerprint density at radius 3 is 3.00 bits per heavy atom. The van der Waals surface area contributed by atoms with Gasteiger partial charge in [-0.15, -0.1) is 23.7 Å². The maximum absolute atomic E-state index is 12.4. The molecular formula is C15H23ClN2OS. The van der Waals surface area contributed by atoms with E-state index in [0.717, 1.165) is 32.4 Å². The van der Waals surface area contributed by atoms with Crippen molar-refractivity contribution in [2.75, 3.05) is 6.54 Å². The molecule has 2 N–H and O–H groups in total. The summed E-state index contributed by atoms with van der Waals surface area (Å²) >= 11 is 1.82. The van der Waals surface area contributed by atoms with Gasteiger partial charge in [0.2, 0.25) is 5.91 Å². The van der Waals surface area contributed by atoms with Crippen LogP contribution in [0.2, 0.25) is 0 Å². The Morgan fingerprint density at radius 1 is 1.40 bits per heavy atom. The molecule has 2 unspecified atom stereocenters. The Kier molecular flexibility index (Phi) is 5.47. The Labute approximate surface area is 130 Å². The van der Waals surface area contributed by atoms with Gasteiger partial charge in [-0.1, -0.05) is 12.8 Å². The van der Waals surface area contributed by atoms with Crippen molar-refractivity contribution in [3.8, 4) is 0 Å². The number of nitrogens with two attached hydrogens (primary N) is 1. The van der Waals surface area contributed by atoms with E-state index in [2.05, 4.69) is 11.4 Å². The molecule has 1 amide bonds. The second-order valence-electron chi connectivity index (χ2n) is 5.85. The van der Waals surface area contributed by atoms with Crippen molar-refractivity contribution in [1.82, 2.24) is 4.90 Å². The van der Waals surface area contributed by atoms with Crippen LogP contribution in [0.15, 0.2) is 11.4 Å². The van der Waals surface area contributed by atoms with Gasteiger partial charge >= 0.3 is 0 Å². The van der Waals surface area contributed by atoms with Crippen LogP contribution in [0.25, 0.3) is 0 Å². The van der Waals surface area contributed by atoms with Crippen molar-refractivity contribution in [3.05, 3.63) is 21.9 Å². The van der Waals surface area contributed by atoms with E-state index in [0.29, 0.717) is 18.2 Å². The van der Waals surface area contributed by atoms with Crippen molar-refractivity contribution in [1.29, 1.82) is 0 Å². The third-order valence-electron chi connectivity index (χ3n) is 4.57. The first-order valence-corrected chi connectivity index (χ1v) is 8.20. The lowest BCUT2D eigenvalue weighted by Gasteiger charge is -2.32. The smallest absolute Gasteiger partial charge is 0.223 e. The lowest BCUT2D eigenvalue weighted by atomic mass is 9.82. The van der Waals surface area contributed by atoms with Crippen LogP contribution < -0.4 is 5.73 Å². The summed E-state index contributed by atoms with van der Waals surface area (Å²) in [6.07, 6.45) is 6.36. The lowest BCUT2D eigenvalue weighted by molar-refractivity contribution is -0.133. The molecule has 0 spiro atoms. The second kappa shape index (κ2) is 6.92. The van der Waals surface area contributed by atoms with Crippen molar-refractivity contribution in [2.45, 2.75) is 51.1 Å². The Hall–Kier alpha value is -0.580. The fourth-order valence-corrected chi connectivity index (χ4v) is 4.19. The van der Waals surface area contributed by atoms with Crippen LogP contribution in [0.1, 0.15) is 42.5 Å². The normalized spacial score (nSPS) is 25.8. The van der Waals surface area contributed by atoms with Gasteiger partial charge in [0.1, 0.15) is 0 Å². The number of carbonyl (C=O) groups is 1. The number of hydrogen-bond donors (Lipinski definition) is 1. The molecule has 1 fully saturated rings. The third-order valence-corrected chi connectivity index (χ3v) is 5.59. The number of rotatable bonds is 2. The summed E-state index contributed by atoms with van der Waals surface area (Å²) in [5.74, 6) is 0.712. The zero-order valence-electron chi connectivity index (χ0n) is 11.7. The van der Waals surface area contributed by atoms with E-state index in [-0.39, 0.29) is 18.4 Å². The molecule has 1 aromatic rings. The second-order valence-corrected chi connectivity index (χ2v) is 6.85. The van der Waals surface area contributed by atoms with E-state index >= 15 is 0 Å². The number of hydrogen-bond acceptors (Lipinski definition) is 3. The summed E-state index contributed by atoms with van der Waals surface area (Å²) in [6, 6.07) is 2.39. The zero-order valence-corrected chi connectivity index (χ0v) is 13.3. The molecule has 20 heavy (non-hydrogen) atoms. The van der Waals surface area contributed by atoms with Gasteiger partial charge in [0, 0.05) is 30.4 Å². The molecule has 112 valence electrons. The van der Waals surface area contributed by atoms with Gasteiger partial charge in [0.15, 0.2) is 0 Å². The molecule has 1 saturated carbocycles. The van der Waals surface area contributed by atoms with Gasteiger partial charge in [-0.2, -0.15) is 0 Å². The van der Waals surface area contributed by atoms with E-state index in [4.69, 9.17) is 5.73 Å². The molecular weight excluding hydrogens is 292 g/mol. The molecule has 1 aliphatic heterocycles. The highest BCUT2D eigenvalue weighted by Gasteiger charge is 2.28. The first-order valence-electron chi connectivity index (χ1n) is 7.32. The molecule has 1 aromatic heterocycles. The summed E-state index contributed by atoms with van der Waals surface area (Å²) in [7, 11) is 0. The molecule has 0 radical (unpaired) electrons. The van der Waals surface area contributed by atoms with E-state index in [1.807, 2.05) is 16.2 Å². The zero-order chi connectivity index (χ0) is 13.2. The van der Waals surface area contributed by atoms with Gasteiger partial charge in [0.25, 0.3) is 0 Å². The number of amides is 1. The SMILES string of the molecule is Cl.NC1CCCCC1CC(=O)N1CCc2sccc2C1. The minimum atomic E-state index is 0. The van der Waals surface area contributed by atoms with Gasteiger partial charge in [-0.25, -0.2) is 0 Å². The van der Waals surface area contributed by atoms with Crippen LogP contribution in [-0.4, -0.2) is 23.4 Å². The molecule has 3 rings (SSSR count). The number of carbonyl (C=O) groups excluding carboxylic acids is 1. The standard InChI is InChI=1S/C15H22N2OS.ClH/c16-13-4-2-1-3-11(13)9-15(18)17-7-5-14-12(10-17)6-8-19-14;/h6,8,11,13H,1-5,7,9-10,16H2;1H. The Morgan fingerprint density at radius 2 is 2.20 bits per heavy atom. The topological polar surface area (TPSA) is 46.3 Å². The Balaban J connectivity index is 0.00000147. The minimum Gasteiger partial charge on any atom is -0.338 e. The van der Waals surface area contributed by atoms with Gasteiger partial charge in [0.05, 0.1) is 0 Å². The van der Waals surface area contributed by atoms with Crippen LogP contribution in [0, 0.1) is 5.92 Å². The number of fused-ring (bicyclic) bond motifs is 1. The monoisotopic (exact) mass is 314 g/mol. The number of thiophene rings is 1. The number of nitrogens with zero attached hydrogens (tertiary/aromatic N) is 1. The maximum Gasteiger partial charge on any atom is 0.223 e. The maximum atomic E-state index is 12.4. The highest BCUT2D eigenvalue weighted by Crippen LogP contribution is 2.28. The van der Waals surface area contributed by atoms with E-state index in [9.17, 15) is 4.79 Å². The van der Waals surface area contributed by atoms with E-state index in [1.54, 1.807) is 0 Å². The number of halogens is 1. The molecule has 0 bridgehead atoms. The van der Waals surface area contributed by atoms with E-state index < -0.39 is 0 Å². The van der Waals surface area contributed by atoms with Crippen LogP contribution >= 0.6 is 23.7 Å². The average Bonchev–Trinajstić information content (AvgIpc) is 2.88. The van der Waals surface area contributed by atoms with Crippen LogP contribution in [0.5, 0.6) is 0 Å². The first kappa shape index (κ1) is 15.8. The Bertz CT molecular complexity index is 462. The average molecular weight is 315 g/mol. The first-order chi connectivity index (χ1) is 9.24. The molecule has 0 saturated heterocycles. The van der Waals surface area contributed by atoms with Crippen molar-refractivity contribution in [3.63, 3.8) is 0 Å². The quantitative estimate of drug-likeness (QED) is 0.912. The predicted molar refractivity (Wildman–Crippen MR) is 85.2 cm³/mol. The lowest BCUT2D eigenvalue weighted by Crippen LogP contribution is -2.40. The largest absolute Gasteiger partial charge is 0.338 e. The van der Waals surface area contributed by atoms with Gasteiger partial charge < -0.3 is 10.6 Å². The van der Waals surface area contributed by atoms with Gasteiger partial charge in [-0.3, -0.25) is 4.79 Å². The molecule has 2 atom stereocenters. The molecule has 5 heteroatoms. The fourth-order valence-electron chi connectivity index (χ4n) is 3.30. The van der Waals surface area contributed by atoms with Crippen molar-refractivity contribution < 1.29 is 4.79 Å². The third kappa shape index (κ3) is 3.35. The minimum absolute atomic E-state index is 0. The summed E-state index contributed by atoms with van der Waals surface area (Å²) < 4.78 is 0. The fraction of sp³-hybridized carbons (Fsp3) is 0.667. The van der Waals surface area contributed by atoms with Gasteiger partial charge in [-0.05, 0) is 42.2 Å². The molecule has 3 nitrogen and oxygen atoms in total. The van der Waals surface area contributed by atoms with Crippen LogP contribution in [-0.2, 0) is 17.8 Å². The van der Waals surface area contributed by atoms with Crippen molar-refractivity contribution in [2.24, 2.45) is 11.7 Å². The van der Waals surface area contributed by atoms with Crippen LogP contribution in [0.4, 0.5) is 0 Å². The molecule has 2 aliphatic rings. The summed E-state index contributed by atoms with van der Waals surface area (Å²) in [6.45, 7) is 1.69. The summed E-state index contributed by atoms with van der Waals surface area (Å²) in [4.78, 5) is 15.9. The summed E-state index contributed by atoms with van der Waals surface area (Å²) in [5.41, 5.74) is 7.49. The van der Waals surface area contributed by atoms with E-state index in [1.165, 1.54) is 23.3 Å². The molecule has 2 heterocycles. The summed E-state index contributed by atoms with van der Waals surface area (Å²) in [5, 5.41) is 2.13.